The second-order valence-corrected chi connectivity index (χ2v) is 27.0. The molecule has 8 bridgehead atoms. The van der Waals surface area contributed by atoms with Crippen molar-refractivity contribution in [3.05, 3.63) is 159 Å². The summed E-state index contributed by atoms with van der Waals surface area (Å²) in [5.74, 6) is 0. The summed E-state index contributed by atoms with van der Waals surface area (Å²) in [6, 6.07) is 38.6. The lowest BCUT2D eigenvalue weighted by atomic mass is 9.78. The van der Waals surface area contributed by atoms with E-state index in [1.165, 1.54) is 33.4 Å². The van der Waals surface area contributed by atoms with Crippen LogP contribution >= 0.6 is 0 Å². The number of anilines is 1. The minimum atomic E-state index is -0.0965. The smallest absolute Gasteiger partial charge is 0.0738 e. The highest BCUT2D eigenvalue weighted by molar-refractivity contribution is 6.01. The molecule has 73 heavy (non-hydrogen) atoms. The maximum atomic E-state index is 6.95. The second kappa shape index (κ2) is 17.7. The summed E-state index contributed by atoms with van der Waals surface area (Å²) in [5.41, 5.74) is 30.4. The number of nitrogen functional groups attached to an aromatic ring is 1. The molecule has 376 valence electrons. The Kier molecular flexibility index (Phi) is 12.4. The van der Waals surface area contributed by atoms with Crippen molar-refractivity contribution in [1.82, 2.24) is 19.9 Å². The highest BCUT2D eigenvalue weighted by Gasteiger charge is 2.28. The molecule has 2 aliphatic heterocycles. The molecule has 0 amide bonds. The van der Waals surface area contributed by atoms with Crippen molar-refractivity contribution in [1.29, 1.82) is 0 Å². The second-order valence-electron chi connectivity index (χ2n) is 27.0. The molecule has 0 saturated heterocycles. The van der Waals surface area contributed by atoms with Crippen LogP contribution in [0.4, 0.5) is 5.69 Å². The third-order valence-electron chi connectivity index (χ3n) is 14.8. The first-order chi connectivity index (χ1) is 33.8. The molecule has 0 spiro atoms. The number of aromatic nitrogens is 4. The molecule has 0 unspecified atom stereocenters. The molecule has 0 atom stereocenters. The fraction of sp³-hybridized carbons (Fsp3) is 0.353. The maximum Gasteiger partial charge on any atom is 0.0738 e. The van der Waals surface area contributed by atoms with Crippen LogP contribution in [0.2, 0.25) is 0 Å². The fourth-order valence-corrected chi connectivity index (χ4v) is 10.0. The largest absolute Gasteiger partial charge is 0.398 e. The van der Waals surface area contributed by atoms with Crippen LogP contribution in [0, 0.1) is 0 Å². The lowest BCUT2D eigenvalue weighted by molar-refractivity contribution is 0.568. The number of benzene rings is 4. The van der Waals surface area contributed by atoms with E-state index in [4.69, 9.17) is 15.7 Å². The van der Waals surface area contributed by atoms with Gasteiger partial charge in [-0.3, -0.25) is 0 Å². The van der Waals surface area contributed by atoms with Gasteiger partial charge in [0.05, 0.1) is 22.8 Å². The van der Waals surface area contributed by atoms with Crippen LogP contribution in [0.5, 0.6) is 0 Å². The van der Waals surface area contributed by atoms with E-state index in [-0.39, 0.29) is 32.5 Å². The van der Waals surface area contributed by atoms with Gasteiger partial charge in [0.25, 0.3) is 0 Å². The number of rotatable bonds is 4. The van der Waals surface area contributed by atoms with Gasteiger partial charge < -0.3 is 15.7 Å². The van der Waals surface area contributed by atoms with Crippen LogP contribution in [-0.2, 0) is 32.5 Å². The first-order valence-electron chi connectivity index (χ1n) is 26.3. The third-order valence-corrected chi connectivity index (χ3v) is 14.8. The van der Waals surface area contributed by atoms with Crippen molar-refractivity contribution in [2.24, 2.45) is 0 Å². The van der Waals surface area contributed by atoms with Gasteiger partial charge in [-0.2, -0.15) is 0 Å². The van der Waals surface area contributed by atoms with E-state index < -0.39 is 0 Å². The van der Waals surface area contributed by atoms with Gasteiger partial charge in [-0.1, -0.05) is 197 Å². The molecule has 5 heteroatoms. The number of aromatic amines is 2. The van der Waals surface area contributed by atoms with E-state index in [2.05, 4.69) is 250 Å². The fourth-order valence-electron chi connectivity index (χ4n) is 10.0. The van der Waals surface area contributed by atoms with E-state index in [0.717, 1.165) is 89.4 Å². The standard InChI is InChI=1S/C68H79N5/c1-63(2,3)43-31-40(32-44(37-43)64(4,5)6)59-51-23-25-53(70-51)60(41-33-45(65(7,8)9)38-46(34-41)66(10,11)12)55-27-29-57(72-55)62(49-21-19-20-22-50(49)69)58-30-28-56(73-58)61(54-26-24-52(59)71-54)42-35-47(67(13,14)15)39-48(36-42)68(16,17)18/h19-39,70,73H,69H2,1-18H3. The number of hydrogen-bond acceptors (Lipinski definition) is 3. The van der Waals surface area contributed by atoms with Crippen LogP contribution in [-0.4, -0.2) is 19.9 Å². The Bertz CT molecular complexity index is 3390. The molecule has 3 aromatic heterocycles. The quantitative estimate of drug-likeness (QED) is 0.154. The van der Waals surface area contributed by atoms with Crippen LogP contribution in [0.25, 0.3) is 90.9 Å². The summed E-state index contributed by atoms with van der Waals surface area (Å²) in [4.78, 5) is 19.5. The Morgan fingerprint density at radius 1 is 0.315 bits per heavy atom. The Hall–Kier alpha value is -6.72. The molecule has 5 heterocycles. The topological polar surface area (TPSA) is 83.4 Å². The van der Waals surface area contributed by atoms with Gasteiger partial charge in [0.15, 0.2) is 0 Å². The van der Waals surface area contributed by atoms with Gasteiger partial charge in [0.2, 0.25) is 0 Å². The van der Waals surface area contributed by atoms with E-state index in [9.17, 15) is 0 Å². The molecule has 4 aromatic carbocycles. The number of fused-ring (bicyclic) bond motifs is 8. The highest BCUT2D eigenvalue weighted by atomic mass is 14.8. The molecule has 5 nitrogen and oxygen atoms in total. The number of H-pyrrole nitrogens is 2. The van der Waals surface area contributed by atoms with Crippen LogP contribution in [0.15, 0.2) is 103 Å². The zero-order chi connectivity index (χ0) is 53.0. The van der Waals surface area contributed by atoms with Gasteiger partial charge >= 0.3 is 0 Å². The predicted molar refractivity (Wildman–Crippen MR) is 317 cm³/mol. The molecule has 7 aromatic rings. The normalized spacial score (nSPS) is 13.6. The summed E-state index contributed by atoms with van der Waals surface area (Å²) < 4.78 is 0. The summed E-state index contributed by atoms with van der Waals surface area (Å²) in [7, 11) is 0. The van der Waals surface area contributed by atoms with Gasteiger partial charge in [0, 0.05) is 55.6 Å². The maximum absolute atomic E-state index is 6.95. The number of nitrogens with one attached hydrogen (secondary N) is 2. The molecule has 4 N–H and O–H groups in total. The zero-order valence-electron chi connectivity index (χ0n) is 47.1. The van der Waals surface area contributed by atoms with Crippen molar-refractivity contribution < 1.29 is 0 Å². The van der Waals surface area contributed by atoms with E-state index in [0.29, 0.717) is 5.69 Å². The van der Waals surface area contributed by atoms with Gasteiger partial charge in [-0.05, 0) is 137 Å². The Morgan fingerprint density at radius 3 is 0.822 bits per heavy atom. The summed E-state index contributed by atoms with van der Waals surface area (Å²) in [6.45, 7) is 41.5. The van der Waals surface area contributed by atoms with Gasteiger partial charge in [0.1, 0.15) is 0 Å². The minimum Gasteiger partial charge on any atom is -0.398 e. The van der Waals surface area contributed by atoms with Gasteiger partial charge in [-0.15, -0.1) is 0 Å². The number of nitrogens with zero attached hydrogens (tertiary/aromatic N) is 2. The first-order valence-corrected chi connectivity index (χ1v) is 26.3. The number of nitrogens with two attached hydrogens (primary N) is 1. The van der Waals surface area contributed by atoms with Gasteiger partial charge in [-0.25, -0.2) is 9.97 Å². The van der Waals surface area contributed by atoms with E-state index in [1.54, 1.807) is 0 Å². The number of para-hydroxylation sites is 1. The SMILES string of the molecule is CC(C)(C)c1cc(-c2c3nc(c(-c4cc(C(C)(C)C)cc(C(C)(C)C)c4)c4ccc([nH]4)c(-c4ccccc4N)c4nc(c(-c5cc(C(C)(C)C)cc(C(C)(C)C)c5)c5ccc2[nH]5)C=C4)C=C3)cc(C(C)(C)C)c1. The molecule has 0 radical (unpaired) electrons. The average molecular weight is 966 g/mol. The molecule has 9 rings (SSSR count). The monoisotopic (exact) mass is 966 g/mol. The number of hydrogen-bond donors (Lipinski definition) is 3. The summed E-state index contributed by atoms with van der Waals surface area (Å²) in [6.07, 6.45) is 8.80. The minimum absolute atomic E-state index is 0.0965. The van der Waals surface area contributed by atoms with Crippen molar-refractivity contribution in [3.63, 3.8) is 0 Å². The summed E-state index contributed by atoms with van der Waals surface area (Å²) >= 11 is 0. The molecule has 0 saturated carbocycles. The van der Waals surface area contributed by atoms with Crippen LogP contribution in [0.1, 0.15) is 181 Å². The predicted octanol–water partition coefficient (Wildman–Crippen LogP) is 18.7. The lowest BCUT2D eigenvalue weighted by Gasteiger charge is -2.26. The van der Waals surface area contributed by atoms with Crippen LogP contribution in [0.3, 0.4) is 0 Å². The van der Waals surface area contributed by atoms with Crippen molar-refractivity contribution in [2.75, 3.05) is 5.73 Å². The van der Waals surface area contributed by atoms with E-state index in [1.807, 2.05) is 12.1 Å². The van der Waals surface area contributed by atoms with Crippen LogP contribution < -0.4 is 5.73 Å². The Morgan fingerprint density at radius 2 is 0.562 bits per heavy atom. The summed E-state index contributed by atoms with van der Waals surface area (Å²) in [5, 5.41) is 0. The molecule has 0 aliphatic carbocycles. The average Bonchev–Trinajstić information content (AvgIpc) is 4.13. The van der Waals surface area contributed by atoms with E-state index >= 15 is 0 Å². The Balaban J connectivity index is 1.53. The van der Waals surface area contributed by atoms with Crippen molar-refractivity contribution in [2.45, 2.75) is 157 Å². The lowest BCUT2D eigenvalue weighted by Crippen LogP contribution is -2.16. The molecular formula is C68H79N5. The zero-order valence-corrected chi connectivity index (χ0v) is 47.1. The highest BCUT2D eigenvalue weighted by Crippen LogP contribution is 2.44. The molecule has 2 aliphatic rings. The Labute approximate surface area is 436 Å². The molecular weight excluding hydrogens is 887 g/mol. The third kappa shape index (κ3) is 10.2. The van der Waals surface area contributed by atoms with Crippen molar-refractivity contribution >= 4 is 52.1 Å². The molecule has 0 fully saturated rings. The van der Waals surface area contributed by atoms with Crippen molar-refractivity contribution in [3.8, 4) is 44.5 Å². The first kappa shape index (κ1) is 51.2.